The van der Waals surface area contributed by atoms with Crippen molar-refractivity contribution in [3.05, 3.63) is 65.2 Å². The van der Waals surface area contributed by atoms with Crippen molar-refractivity contribution in [3.8, 4) is 5.75 Å². The summed E-state index contributed by atoms with van der Waals surface area (Å²) in [5.74, 6) is -0.106. The molecule has 0 unspecified atom stereocenters. The molecule has 0 heterocycles. The van der Waals surface area contributed by atoms with Gasteiger partial charge in [-0.25, -0.2) is 4.79 Å². The van der Waals surface area contributed by atoms with Gasteiger partial charge in [-0.15, -0.1) is 0 Å². The fourth-order valence-corrected chi connectivity index (χ4v) is 2.09. The summed E-state index contributed by atoms with van der Waals surface area (Å²) >= 11 is 0. The normalized spacial score (nSPS) is 10.1. The number of benzene rings is 2. The molecular formula is C19H21NO4. The molecule has 2 aromatic carbocycles. The van der Waals surface area contributed by atoms with Crippen LogP contribution in [0, 0.1) is 13.8 Å². The molecule has 1 N–H and O–H groups in total. The second-order valence-electron chi connectivity index (χ2n) is 5.41. The predicted octanol–water partition coefficient (Wildman–Crippen LogP) is 2.66. The van der Waals surface area contributed by atoms with Gasteiger partial charge < -0.3 is 14.8 Å². The molecule has 0 atom stereocenters. The number of hydrogen-bond acceptors (Lipinski definition) is 4. The molecule has 5 nitrogen and oxygen atoms in total. The molecule has 5 heteroatoms. The number of para-hydroxylation sites is 1. The molecule has 0 aliphatic heterocycles. The minimum Gasteiger partial charge on any atom is -0.492 e. The van der Waals surface area contributed by atoms with E-state index in [-0.39, 0.29) is 12.5 Å². The van der Waals surface area contributed by atoms with Gasteiger partial charge in [0.15, 0.2) is 6.61 Å². The Labute approximate surface area is 141 Å². The van der Waals surface area contributed by atoms with Gasteiger partial charge in [0.25, 0.3) is 5.91 Å². The Balaban J connectivity index is 1.69. The van der Waals surface area contributed by atoms with E-state index in [0.29, 0.717) is 18.7 Å². The maximum absolute atomic E-state index is 12.0. The lowest BCUT2D eigenvalue weighted by Gasteiger charge is -2.09. The van der Waals surface area contributed by atoms with Crippen LogP contribution in [-0.2, 0) is 9.53 Å². The standard InChI is InChI=1S/C19H21NO4/c1-14-8-9-15(2)17(12-14)19(22)24-13-18(21)20-10-11-23-16-6-4-3-5-7-16/h3-9,12H,10-11,13H2,1-2H3,(H,20,21). The van der Waals surface area contributed by atoms with Crippen molar-refractivity contribution in [2.45, 2.75) is 13.8 Å². The highest BCUT2D eigenvalue weighted by atomic mass is 16.5. The Hall–Kier alpha value is -2.82. The number of nitrogens with one attached hydrogen (secondary N) is 1. The lowest BCUT2D eigenvalue weighted by molar-refractivity contribution is -0.124. The van der Waals surface area contributed by atoms with Gasteiger partial charge in [-0.2, -0.15) is 0 Å². The van der Waals surface area contributed by atoms with Gasteiger partial charge in [-0.3, -0.25) is 4.79 Å². The van der Waals surface area contributed by atoms with Gasteiger partial charge in [0, 0.05) is 0 Å². The third-order valence-electron chi connectivity index (χ3n) is 3.38. The average molecular weight is 327 g/mol. The maximum atomic E-state index is 12.0. The van der Waals surface area contributed by atoms with E-state index in [1.54, 1.807) is 6.07 Å². The van der Waals surface area contributed by atoms with Crippen LogP contribution in [0.1, 0.15) is 21.5 Å². The van der Waals surface area contributed by atoms with E-state index in [1.165, 1.54) is 0 Å². The van der Waals surface area contributed by atoms with Crippen molar-refractivity contribution >= 4 is 11.9 Å². The zero-order valence-electron chi connectivity index (χ0n) is 13.9. The number of hydrogen-bond donors (Lipinski definition) is 1. The zero-order valence-corrected chi connectivity index (χ0v) is 13.9. The molecule has 0 radical (unpaired) electrons. The molecule has 2 aromatic rings. The first-order valence-corrected chi connectivity index (χ1v) is 7.75. The molecule has 0 aromatic heterocycles. The van der Waals surface area contributed by atoms with Gasteiger partial charge in [0.05, 0.1) is 12.1 Å². The quantitative estimate of drug-likeness (QED) is 0.627. The molecule has 0 spiro atoms. The first kappa shape index (κ1) is 17.5. The molecule has 1 amide bonds. The highest BCUT2D eigenvalue weighted by molar-refractivity contribution is 5.92. The monoisotopic (exact) mass is 327 g/mol. The van der Waals surface area contributed by atoms with Crippen molar-refractivity contribution in [3.63, 3.8) is 0 Å². The average Bonchev–Trinajstić information content (AvgIpc) is 2.59. The van der Waals surface area contributed by atoms with Crippen molar-refractivity contribution in [1.29, 1.82) is 0 Å². The maximum Gasteiger partial charge on any atom is 0.338 e. The minimum atomic E-state index is -0.494. The number of amides is 1. The summed E-state index contributed by atoms with van der Waals surface area (Å²) in [4.78, 5) is 23.7. The summed E-state index contributed by atoms with van der Waals surface area (Å²) < 4.78 is 10.5. The second kappa shape index (κ2) is 8.72. The van der Waals surface area contributed by atoms with Crippen LogP contribution in [0.15, 0.2) is 48.5 Å². The van der Waals surface area contributed by atoms with E-state index in [0.717, 1.165) is 16.9 Å². The molecule has 2 rings (SSSR count). The minimum absolute atomic E-state index is 0.308. The van der Waals surface area contributed by atoms with Gasteiger partial charge >= 0.3 is 5.97 Å². The fourth-order valence-electron chi connectivity index (χ4n) is 2.09. The summed E-state index contributed by atoms with van der Waals surface area (Å²) in [6, 6.07) is 14.9. The van der Waals surface area contributed by atoms with Crippen LogP contribution in [0.2, 0.25) is 0 Å². The van der Waals surface area contributed by atoms with E-state index < -0.39 is 5.97 Å². The van der Waals surface area contributed by atoms with Gasteiger partial charge in [-0.1, -0.05) is 35.9 Å². The SMILES string of the molecule is Cc1ccc(C)c(C(=O)OCC(=O)NCCOc2ccccc2)c1. The predicted molar refractivity (Wildman–Crippen MR) is 91.1 cm³/mol. The summed E-state index contributed by atoms with van der Waals surface area (Å²) in [6.45, 7) is 4.11. The molecule has 0 bridgehead atoms. The molecular weight excluding hydrogens is 306 g/mol. The molecule has 0 aliphatic carbocycles. The highest BCUT2D eigenvalue weighted by Gasteiger charge is 2.12. The van der Waals surface area contributed by atoms with Crippen molar-refractivity contribution in [2.75, 3.05) is 19.8 Å². The molecule has 0 aliphatic rings. The van der Waals surface area contributed by atoms with Crippen LogP contribution in [0.3, 0.4) is 0 Å². The van der Waals surface area contributed by atoms with E-state index in [2.05, 4.69) is 5.32 Å². The molecule has 24 heavy (non-hydrogen) atoms. The number of carbonyl (C=O) groups excluding carboxylic acids is 2. The van der Waals surface area contributed by atoms with Crippen LogP contribution >= 0.6 is 0 Å². The van der Waals surface area contributed by atoms with Crippen LogP contribution in [0.5, 0.6) is 5.75 Å². The largest absolute Gasteiger partial charge is 0.492 e. The van der Waals surface area contributed by atoms with Crippen molar-refractivity contribution in [1.82, 2.24) is 5.32 Å². The van der Waals surface area contributed by atoms with Crippen LogP contribution in [-0.4, -0.2) is 31.6 Å². The zero-order chi connectivity index (χ0) is 17.4. The highest BCUT2D eigenvalue weighted by Crippen LogP contribution is 2.12. The Bertz CT molecular complexity index is 698. The Morgan fingerprint density at radius 2 is 1.79 bits per heavy atom. The Morgan fingerprint density at radius 1 is 1.04 bits per heavy atom. The van der Waals surface area contributed by atoms with Crippen molar-refractivity contribution < 1.29 is 19.1 Å². The van der Waals surface area contributed by atoms with E-state index >= 15 is 0 Å². The van der Waals surface area contributed by atoms with E-state index in [9.17, 15) is 9.59 Å². The lowest BCUT2D eigenvalue weighted by atomic mass is 10.1. The lowest BCUT2D eigenvalue weighted by Crippen LogP contribution is -2.32. The molecule has 0 fully saturated rings. The topological polar surface area (TPSA) is 64.6 Å². The smallest absolute Gasteiger partial charge is 0.338 e. The molecule has 0 saturated heterocycles. The third-order valence-corrected chi connectivity index (χ3v) is 3.38. The summed E-state index contributed by atoms with van der Waals surface area (Å²) in [5, 5.41) is 2.64. The summed E-state index contributed by atoms with van der Waals surface area (Å²) in [7, 11) is 0. The summed E-state index contributed by atoms with van der Waals surface area (Å²) in [6.07, 6.45) is 0. The first-order chi connectivity index (χ1) is 11.6. The molecule has 126 valence electrons. The number of ether oxygens (including phenoxy) is 2. The van der Waals surface area contributed by atoms with E-state index in [4.69, 9.17) is 9.47 Å². The fraction of sp³-hybridized carbons (Fsp3) is 0.263. The van der Waals surface area contributed by atoms with Crippen LogP contribution in [0.25, 0.3) is 0 Å². The third kappa shape index (κ3) is 5.43. The van der Waals surface area contributed by atoms with Gasteiger partial charge in [-0.05, 0) is 37.6 Å². The second-order valence-corrected chi connectivity index (χ2v) is 5.41. The van der Waals surface area contributed by atoms with Gasteiger partial charge in [0.2, 0.25) is 0 Å². The number of carbonyl (C=O) groups is 2. The van der Waals surface area contributed by atoms with Crippen LogP contribution < -0.4 is 10.1 Å². The molecule has 0 saturated carbocycles. The first-order valence-electron chi connectivity index (χ1n) is 7.75. The number of rotatable bonds is 7. The van der Waals surface area contributed by atoms with E-state index in [1.807, 2.05) is 56.3 Å². The van der Waals surface area contributed by atoms with Crippen molar-refractivity contribution in [2.24, 2.45) is 0 Å². The van der Waals surface area contributed by atoms with Crippen LogP contribution in [0.4, 0.5) is 0 Å². The number of esters is 1. The summed E-state index contributed by atoms with van der Waals surface area (Å²) in [5.41, 5.74) is 2.27. The Kier molecular flexibility index (Phi) is 6.37. The Morgan fingerprint density at radius 3 is 2.54 bits per heavy atom. The van der Waals surface area contributed by atoms with Gasteiger partial charge in [0.1, 0.15) is 12.4 Å². The number of aryl methyl sites for hydroxylation is 2.